The van der Waals surface area contributed by atoms with E-state index in [4.69, 9.17) is 4.42 Å². The smallest absolute Gasteiger partial charge is 0.143 e. The number of hydrogen-bond donors (Lipinski definition) is 0. The highest BCUT2D eigenvalue weighted by Crippen LogP contribution is 2.47. The Morgan fingerprint density at radius 2 is 0.711 bits per heavy atom. The topological polar surface area (TPSA) is 13.1 Å². The lowest BCUT2D eigenvalue weighted by Crippen LogP contribution is -1.90. The van der Waals surface area contributed by atoms with Crippen molar-refractivity contribution in [1.82, 2.24) is 0 Å². The fraction of sp³-hybridized carbons (Fsp3) is 0. The molecule has 0 aliphatic rings. The molecule has 1 heteroatoms. The minimum Gasteiger partial charge on any atom is -0.455 e. The summed E-state index contributed by atoms with van der Waals surface area (Å²) in [6.45, 7) is 0. The minimum absolute atomic E-state index is 0.914. The van der Waals surface area contributed by atoms with Crippen LogP contribution in [0.3, 0.4) is 0 Å². The Kier molecular flexibility index (Phi) is 4.38. The van der Waals surface area contributed by atoms with Crippen LogP contribution in [0.25, 0.3) is 109 Å². The standard InChI is InChI=1S/C44H24O/c1-2-10-38-37(9-1)43-35(31-19-15-29-13-11-25-5-3-7-27-17-21-33(31)41(29)39(25)27)23-24-36(44(43)45-38)32-20-16-30-14-12-26-6-4-8-28-18-22-34(32)42(30)40(26)28/h1-24H. The normalized spacial score (nSPS) is 12.4. The summed E-state index contributed by atoms with van der Waals surface area (Å²) in [6.07, 6.45) is 0. The lowest BCUT2D eigenvalue weighted by atomic mass is 9.86. The van der Waals surface area contributed by atoms with E-state index < -0.39 is 0 Å². The van der Waals surface area contributed by atoms with Gasteiger partial charge in [0.25, 0.3) is 0 Å². The predicted molar refractivity (Wildman–Crippen MR) is 192 cm³/mol. The van der Waals surface area contributed by atoms with Crippen molar-refractivity contribution in [2.75, 3.05) is 0 Å². The minimum atomic E-state index is 0.914. The first-order valence-corrected chi connectivity index (χ1v) is 15.6. The molecule has 0 radical (unpaired) electrons. The van der Waals surface area contributed by atoms with Gasteiger partial charge >= 0.3 is 0 Å². The molecular formula is C44H24O. The third-order valence-electron chi connectivity index (χ3n) is 10.2. The zero-order chi connectivity index (χ0) is 29.2. The molecule has 0 fully saturated rings. The molecule has 10 aromatic carbocycles. The van der Waals surface area contributed by atoms with Crippen LogP contribution in [0.4, 0.5) is 0 Å². The van der Waals surface area contributed by atoms with Gasteiger partial charge in [0.1, 0.15) is 11.2 Å². The van der Waals surface area contributed by atoms with E-state index in [1.54, 1.807) is 0 Å². The maximum Gasteiger partial charge on any atom is 0.143 e. The Morgan fingerprint density at radius 3 is 1.31 bits per heavy atom. The van der Waals surface area contributed by atoms with Crippen molar-refractivity contribution < 1.29 is 4.42 Å². The third kappa shape index (κ3) is 3.02. The molecule has 1 heterocycles. The number of hydrogen-bond acceptors (Lipinski definition) is 1. The van der Waals surface area contributed by atoms with Crippen LogP contribution in [0.5, 0.6) is 0 Å². The molecule has 1 aromatic heterocycles. The molecule has 1 nitrogen and oxygen atoms in total. The van der Waals surface area contributed by atoms with Gasteiger partial charge in [-0.3, -0.25) is 0 Å². The fourth-order valence-electron chi connectivity index (χ4n) is 8.21. The molecule has 0 aliphatic heterocycles. The molecule has 11 rings (SSSR count). The van der Waals surface area contributed by atoms with Gasteiger partial charge in [0.15, 0.2) is 0 Å². The maximum absolute atomic E-state index is 6.82. The highest BCUT2D eigenvalue weighted by Gasteiger charge is 2.21. The van der Waals surface area contributed by atoms with Gasteiger partial charge in [-0.2, -0.15) is 0 Å². The van der Waals surface area contributed by atoms with Crippen molar-refractivity contribution in [1.29, 1.82) is 0 Å². The van der Waals surface area contributed by atoms with Crippen molar-refractivity contribution in [2.24, 2.45) is 0 Å². The summed E-state index contributed by atoms with van der Waals surface area (Å²) in [6, 6.07) is 53.6. The summed E-state index contributed by atoms with van der Waals surface area (Å²) in [5, 5.41) is 17.8. The van der Waals surface area contributed by atoms with E-state index in [0.717, 1.165) is 22.1 Å². The Balaban J connectivity index is 1.26. The van der Waals surface area contributed by atoms with Gasteiger partial charge in [0.2, 0.25) is 0 Å². The first-order valence-electron chi connectivity index (χ1n) is 15.6. The highest BCUT2D eigenvalue weighted by atomic mass is 16.3. The molecule has 0 spiro atoms. The molecule has 0 unspecified atom stereocenters. The molecule has 0 atom stereocenters. The Bertz CT molecular complexity index is 2940. The molecule has 0 amide bonds. The van der Waals surface area contributed by atoms with Crippen molar-refractivity contribution in [3.05, 3.63) is 146 Å². The fourth-order valence-corrected chi connectivity index (χ4v) is 8.21. The summed E-state index contributed by atoms with van der Waals surface area (Å²) >= 11 is 0. The van der Waals surface area contributed by atoms with E-state index in [2.05, 4.69) is 146 Å². The van der Waals surface area contributed by atoms with E-state index in [-0.39, 0.29) is 0 Å². The van der Waals surface area contributed by atoms with Crippen molar-refractivity contribution in [3.8, 4) is 22.3 Å². The molecular weight excluding hydrogens is 544 g/mol. The Hall–Kier alpha value is -5.92. The van der Waals surface area contributed by atoms with E-state index >= 15 is 0 Å². The first kappa shape index (κ1) is 23.5. The predicted octanol–water partition coefficient (Wildman–Crippen LogP) is 12.7. The molecule has 11 aromatic rings. The Morgan fingerprint density at radius 1 is 0.267 bits per heavy atom. The van der Waals surface area contributed by atoms with Gasteiger partial charge in [-0.05, 0) is 93.5 Å². The lowest BCUT2D eigenvalue weighted by molar-refractivity contribution is 0.670. The van der Waals surface area contributed by atoms with Gasteiger partial charge in [-0.15, -0.1) is 0 Å². The van der Waals surface area contributed by atoms with E-state index in [1.165, 1.54) is 86.7 Å². The second kappa shape index (κ2) is 8.37. The summed E-state index contributed by atoms with van der Waals surface area (Å²) in [5.41, 5.74) is 6.62. The van der Waals surface area contributed by atoms with Gasteiger partial charge < -0.3 is 4.42 Å². The van der Waals surface area contributed by atoms with Crippen LogP contribution in [0.2, 0.25) is 0 Å². The average Bonchev–Trinajstić information content (AvgIpc) is 3.49. The van der Waals surface area contributed by atoms with Crippen LogP contribution in [-0.4, -0.2) is 0 Å². The average molecular weight is 569 g/mol. The maximum atomic E-state index is 6.82. The first-order chi connectivity index (χ1) is 22.3. The van der Waals surface area contributed by atoms with Crippen molar-refractivity contribution >= 4 is 86.6 Å². The van der Waals surface area contributed by atoms with Crippen LogP contribution < -0.4 is 0 Å². The van der Waals surface area contributed by atoms with Gasteiger partial charge in [0, 0.05) is 16.3 Å². The number of para-hydroxylation sites is 1. The van der Waals surface area contributed by atoms with E-state index in [1.807, 2.05) is 0 Å². The summed E-state index contributed by atoms with van der Waals surface area (Å²) < 4.78 is 6.82. The zero-order valence-electron chi connectivity index (χ0n) is 24.3. The van der Waals surface area contributed by atoms with E-state index in [9.17, 15) is 0 Å². The van der Waals surface area contributed by atoms with Crippen LogP contribution >= 0.6 is 0 Å². The number of furan rings is 1. The van der Waals surface area contributed by atoms with Crippen LogP contribution in [-0.2, 0) is 0 Å². The summed E-state index contributed by atoms with van der Waals surface area (Å²) in [5.74, 6) is 0. The molecule has 0 N–H and O–H groups in total. The number of benzene rings is 10. The SMILES string of the molecule is c1cc2ccc3ccc(-c4ccc(-c5ccc6ccc7cccc8ccc5c6c78)c5c4oc4ccccc45)c4ccc(c1)c2c34. The largest absolute Gasteiger partial charge is 0.455 e. The van der Waals surface area contributed by atoms with Crippen LogP contribution in [0, 0.1) is 0 Å². The molecule has 0 saturated heterocycles. The molecule has 0 bridgehead atoms. The van der Waals surface area contributed by atoms with Gasteiger partial charge in [0.05, 0.1) is 0 Å². The molecule has 0 saturated carbocycles. The lowest BCUT2D eigenvalue weighted by Gasteiger charge is -2.16. The van der Waals surface area contributed by atoms with Gasteiger partial charge in [-0.1, -0.05) is 133 Å². The monoisotopic (exact) mass is 568 g/mol. The quantitative estimate of drug-likeness (QED) is 0.189. The summed E-state index contributed by atoms with van der Waals surface area (Å²) in [4.78, 5) is 0. The molecule has 206 valence electrons. The Labute approximate surface area is 258 Å². The summed E-state index contributed by atoms with van der Waals surface area (Å²) in [7, 11) is 0. The third-order valence-corrected chi connectivity index (χ3v) is 10.2. The van der Waals surface area contributed by atoms with Crippen LogP contribution in [0.1, 0.15) is 0 Å². The van der Waals surface area contributed by atoms with Crippen molar-refractivity contribution in [3.63, 3.8) is 0 Å². The second-order valence-electron chi connectivity index (χ2n) is 12.4. The van der Waals surface area contributed by atoms with Crippen molar-refractivity contribution in [2.45, 2.75) is 0 Å². The zero-order valence-corrected chi connectivity index (χ0v) is 24.3. The molecule has 45 heavy (non-hydrogen) atoms. The van der Waals surface area contributed by atoms with E-state index in [0.29, 0.717) is 0 Å². The number of rotatable bonds is 2. The van der Waals surface area contributed by atoms with Gasteiger partial charge in [-0.25, -0.2) is 0 Å². The van der Waals surface area contributed by atoms with Crippen LogP contribution in [0.15, 0.2) is 150 Å². The second-order valence-corrected chi connectivity index (χ2v) is 12.4. The molecule has 0 aliphatic carbocycles. The number of fused-ring (bicyclic) bond motifs is 3. The highest BCUT2D eigenvalue weighted by molar-refractivity contribution is 6.29.